The molecular formula is C26H50N2O13. The molecule has 0 aromatic rings. The molecule has 0 saturated carbocycles. The number of unbranched alkanes of at least 4 members (excludes halogenated alkanes) is 4. The monoisotopic (exact) mass is 598 g/mol. The number of amides is 2. The quantitative estimate of drug-likeness (QED) is 0.0655. The van der Waals surface area contributed by atoms with Crippen molar-refractivity contribution in [3.63, 3.8) is 0 Å². The summed E-state index contributed by atoms with van der Waals surface area (Å²) < 4.78 is 28.1. The fraction of sp³-hybridized carbons (Fsp3) is 0.962. The third-order valence-electron chi connectivity index (χ3n) is 7.19. The van der Waals surface area contributed by atoms with Crippen molar-refractivity contribution in [1.29, 1.82) is 0 Å². The van der Waals surface area contributed by atoms with Crippen molar-refractivity contribution < 1.29 is 64.2 Å². The summed E-state index contributed by atoms with van der Waals surface area (Å²) in [5, 5.41) is 76.0. The van der Waals surface area contributed by atoms with Crippen LogP contribution in [0.15, 0.2) is 0 Å². The van der Waals surface area contributed by atoms with Crippen molar-refractivity contribution in [1.82, 2.24) is 10.6 Å². The van der Waals surface area contributed by atoms with Gasteiger partial charge in [0.15, 0.2) is 18.4 Å². The third kappa shape index (κ3) is 10.5. The van der Waals surface area contributed by atoms with Crippen LogP contribution < -0.4 is 10.6 Å². The minimum absolute atomic E-state index is 0.0408. The van der Waals surface area contributed by atoms with E-state index in [0.29, 0.717) is 13.2 Å². The molecule has 41 heavy (non-hydrogen) atoms. The summed E-state index contributed by atoms with van der Waals surface area (Å²) in [5.41, 5.74) is 0. The van der Waals surface area contributed by atoms with E-state index in [9.17, 15) is 40.5 Å². The summed E-state index contributed by atoms with van der Waals surface area (Å²) >= 11 is 0. The molecular weight excluding hydrogens is 548 g/mol. The second-order valence-electron chi connectivity index (χ2n) is 10.6. The Morgan fingerprint density at radius 1 is 0.805 bits per heavy atom. The van der Waals surface area contributed by atoms with Crippen molar-refractivity contribution in [2.45, 2.75) is 126 Å². The Kier molecular flexibility index (Phi) is 15.6. The highest BCUT2D eigenvalue weighted by atomic mass is 16.7. The molecule has 15 heteroatoms. The number of carbonyl (C=O) groups is 1. The van der Waals surface area contributed by atoms with E-state index < -0.39 is 86.4 Å². The first-order chi connectivity index (χ1) is 19.5. The maximum Gasteiger partial charge on any atom is 0.315 e. The highest BCUT2D eigenvalue weighted by Crippen LogP contribution is 2.28. The van der Waals surface area contributed by atoms with E-state index in [1.54, 1.807) is 6.92 Å². The number of ether oxygens (including phenoxy) is 5. The molecule has 2 saturated heterocycles. The first-order valence-corrected chi connectivity index (χ1v) is 14.4. The van der Waals surface area contributed by atoms with E-state index in [1.165, 1.54) is 0 Å². The lowest BCUT2D eigenvalue weighted by atomic mass is 9.95. The standard InChI is InChI=1S/C26H50N2O13/c1-4-6-8-10-37-26(3,38-11-9-7-5-2)14-27-25(36)28-17-19(32)22(16(13-30)39-23(17)35)41-24-21(34)20(33)18(31)15(12-29)40-24/h15-24,29-35H,4-14H2,1-3H3,(H2,27,28,36)/t15-,16-,17-,18-,19-,20+,21-,22-,23-,24-/m1/s1. The Balaban J connectivity index is 2.03. The van der Waals surface area contributed by atoms with Crippen LogP contribution >= 0.6 is 0 Å². The second-order valence-corrected chi connectivity index (χ2v) is 10.6. The lowest BCUT2D eigenvalue weighted by Crippen LogP contribution is -2.68. The van der Waals surface area contributed by atoms with Crippen molar-refractivity contribution >= 4 is 6.03 Å². The maximum atomic E-state index is 12.8. The van der Waals surface area contributed by atoms with Gasteiger partial charge in [-0.25, -0.2) is 4.79 Å². The van der Waals surface area contributed by atoms with Crippen molar-refractivity contribution in [3.05, 3.63) is 0 Å². The van der Waals surface area contributed by atoms with Crippen molar-refractivity contribution in [2.24, 2.45) is 0 Å². The molecule has 10 atom stereocenters. The molecule has 0 aromatic heterocycles. The lowest BCUT2D eigenvalue weighted by molar-refractivity contribution is -0.345. The first kappa shape index (κ1) is 36.0. The molecule has 242 valence electrons. The fourth-order valence-electron chi connectivity index (χ4n) is 4.61. The molecule has 0 radical (unpaired) electrons. The summed E-state index contributed by atoms with van der Waals surface area (Å²) in [6, 6.07) is -2.24. The van der Waals surface area contributed by atoms with Gasteiger partial charge in [-0.2, -0.15) is 0 Å². The number of hydrogen-bond donors (Lipinski definition) is 9. The zero-order valence-corrected chi connectivity index (χ0v) is 24.1. The molecule has 0 aromatic carbocycles. The van der Waals surface area contributed by atoms with Crippen LogP contribution in [0.4, 0.5) is 4.79 Å². The van der Waals surface area contributed by atoms with Gasteiger partial charge in [0.05, 0.1) is 33.0 Å². The zero-order chi connectivity index (χ0) is 30.6. The molecule has 0 spiro atoms. The van der Waals surface area contributed by atoms with E-state index in [2.05, 4.69) is 24.5 Å². The lowest BCUT2D eigenvalue weighted by Gasteiger charge is -2.46. The molecule has 15 nitrogen and oxygen atoms in total. The number of urea groups is 1. The van der Waals surface area contributed by atoms with Crippen LogP contribution in [0.2, 0.25) is 0 Å². The number of nitrogens with one attached hydrogen (secondary N) is 2. The van der Waals surface area contributed by atoms with Gasteiger partial charge in [-0.05, 0) is 19.8 Å². The summed E-state index contributed by atoms with van der Waals surface area (Å²) in [6.07, 6.45) is -8.63. The van der Waals surface area contributed by atoms with E-state index in [-0.39, 0.29) is 6.54 Å². The van der Waals surface area contributed by atoms with Crippen LogP contribution in [0.3, 0.4) is 0 Å². The van der Waals surface area contributed by atoms with E-state index in [0.717, 1.165) is 38.5 Å². The zero-order valence-electron chi connectivity index (χ0n) is 24.1. The summed E-state index contributed by atoms with van der Waals surface area (Å²) in [5.74, 6) is -1.12. The highest BCUT2D eigenvalue weighted by molar-refractivity contribution is 5.74. The molecule has 2 rings (SSSR count). The molecule has 2 fully saturated rings. The average molecular weight is 599 g/mol. The molecule has 2 amide bonds. The Labute approximate surface area is 240 Å². The molecule has 0 unspecified atom stereocenters. The SMILES string of the molecule is CCCCCOC(C)(CNC(=O)N[C@@H]1[C@@H](O)[C@H](O[C@H]2O[C@H](CO)[C@@H](O)[C@H](O)[C@H]2O)[C@@H](CO)O[C@H]1O)OCCCCC. The van der Waals surface area contributed by atoms with Gasteiger partial charge in [-0.3, -0.25) is 0 Å². The summed E-state index contributed by atoms with van der Waals surface area (Å²) in [7, 11) is 0. The van der Waals surface area contributed by atoms with Crippen LogP contribution in [0.1, 0.15) is 59.3 Å². The molecule has 2 aliphatic rings. The van der Waals surface area contributed by atoms with E-state index in [1.807, 2.05) is 0 Å². The van der Waals surface area contributed by atoms with Gasteiger partial charge in [0.25, 0.3) is 0 Å². The van der Waals surface area contributed by atoms with Crippen LogP contribution in [0.25, 0.3) is 0 Å². The largest absolute Gasteiger partial charge is 0.394 e. The smallest absolute Gasteiger partial charge is 0.315 e. The van der Waals surface area contributed by atoms with E-state index in [4.69, 9.17) is 23.7 Å². The van der Waals surface area contributed by atoms with Gasteiger partial charge >= 0.3 is 6.03 Å². The number of carbonyl (C=O) groups excluding carboxylic acids is 1. The minimum atomic E-state index is -1.78. The fourth-order valence-corrected chi connectivity index (χ4v) is 4.61. The molecule has 2 heterocycles. The van der Waals surface area contributed by atoms with Crippen LogP contribution in [-0.2, 0) is 23.7 Å². The Morgan fingerprint density at radius 2 is 1.39 bits per heavy atom. The van der Waals surface area contributed by atoms with Crippen LogP contribution in [-0.4, -0.2) is 142 Å². The van der Waals surface area contributed by atoms with Crippen LogP contribution in [0.5, 0.6) is 0 Å². The average Bonchev–Trinajstić information content (AvgIpc) is 2.96. The first-order valence-electron chi connectivity index (χ1n) is 14.4. The maximum absolute atomic E-state index is 12.8. The van der Waals surface area contributed by atoms with Gasteiger partial charge in [0.1, 0.15) is 48.8 Å². The summed E-state index contributed by atoms with van der Waals surface area (Å²) in [6.45, 7) is 5.28. The molecule has 0 aliphatic carbocycles. The van der Waals surface area contributed by atoms with E-state index >= 15 is 0 Å². The Bertz CT molecular complexity index is 736. The van der Waals surface area contributed by atoms with Crippen molar-refractivity contribution in [3.8, 4) is 0 Å². The molecule has 9 N–H and O–H groups in total. The van der Waals surface area contributed by atoms with Gasteiger partial charge in [-0.15, -0.1) is 0 Å². The topological polar surface area (TPSA) is 229 Å². The van der Waals surface area contributed by atoms with Crippen LogP contribution in [0, 0.1) is 0 Å². The second kappa shape index (κ2) is 17.8. The highest BCUT2D eigenvalue weighted by Gasteiger charge is 2.50. The number of aliphatic hydroxyl groups excluding tert-OH is 7. The predicted octanol–water partition coefficient (Wildman–Crippen LogP) is -1.96. The number of hydrogen-bond acceptors (Lipinski definition) is 13. The van der Waals surface area contributed by atoms with Gasteiger partial charge in [0.2, 0.25) is 0 Å². The molecule has 0 bridgehead atoms. The van der Waals surface area contributed by atoms with Gasteiger partial charge in [0, 0.05) is 0 Å². The minimum Gasteiger partial charge on any atom is -0.394 e. The number of rotatable bonds is 17. The van der Waals surface area contributed by atoms with Gasteiger partial charge in [-0.1, -0.05) is 39.5 Å². The van der Waals surface area contributed by atoms with Crippen molar-refractivity contribution in [2.75, 3.05) is 33.0 Å². The third-order valence-corrected chi connectivity index (χ3v) is 7.19. The predicted molar refractivity (Wildman–Crippen MR) is 142 cm³/mol. The molecule has 2 aliphatic heterocycles. The van der Waals surface area contributed by atoms with Gasteiger partial charge < -0.3 is 70.1 Å². The Hall–Kier alpha value is -1.21. The Morgan fingerprint density at radius 3 is 1.93 bits per heavy atom. The normalized spacial score (nSPS) is 34.4. The number of aliphatic hydroxyl groups is 7. The summed E-state index contributed by atoms with van der Waals surface area (Å²) in [4.78, 5) is 12.8.